The van der Waals surface area contributed by atoms with Gasteiger partial charge in [0.15, 0.2) is 5.78 Å². The third-order valence-electron chi connectivity index (χ3n) is 7.18. The average molecular weight is 446 g/mol. The van der Waals surface area contributed by atoms with E-state index in [0.717, 1.165) is 57.1 Å². The Morgan fingerprint density at radius 3 is 2.39 bits per heavy atom. The minimum Gasteiger partial charge on any atom is -0.331 e. The van der Waals surface area contributed by atoms with Crippen LogP contribution >= 0.6 is 0 Å². The van der Waals surface area contributed by atoms with Crippen molar-refractivity contribution in [2.45, 2.75) is 70.6 Å². The van der Waals surface area contributed by atoms with E-state index in [0.29, 0.717) is 24.1 Å². The summed E-state index contributed by atoms with van der Waals surface area (Å²) in [6, 6.07) is 7.03. The van der Waals surface area contributed by atoms with Gasteiger partial charge in [0.2, 0.25) is 5.91 Å². The van der Waals surface area contributed by atoms with Crippen LogP contribution in [0.4, 0.5) is 5.69 Å². The summed E-state index contributed by atoms with van der Waals surface area (Å²) in [6.07, 6.45) is 10.4. The molecular formula is C27H31N3O3. The number of carbonyl (C=O) groups excluding carboxylic acids is 3. The molecule has 0 saturated carbocycles. The molecule has 33 heavy (non-hydrogen) atoms. The first-order chi connectivity index (χ1) is 16.1. The van der Waals surface area contributed by atoms with Gasteiger partial charge >= 0.3 is 0 Å². The predicted molar refractivity (Wildman–Crippen MR) is 127 cm³/mol. The third kappa shape index (κ3) is 4.43. The number of aryl methyl sites for hydroxylation is 2. The Labute approximate surface area is 194 Å². The molecule has 0 atom stereocenters. The number of unbranched alkanes of at least 4 members (excludes halogenated alkanes) is 2. The van der Waals surface area contributed by atoms with Crippen molar-refractivity contribution in [1.29, 1.82) is 0 Å². The molecule has 3 aliphatic rings. The van der Waals surface area contributed by atoms with E-state index in [2.05, 4.69) is 5.32 Å². The smallest absolute Gasteiger partial charge is 0.255 e. The predicted octanol–water partition coefficient (Wildman–Crippen LogP) is 4.29. The molecule has 0 bridgehead atoms. The lowest BCUT2D eigenvalue weighted by atomic mass is 9.92. The first-order valence-corrected chi connectivity index (χ1v) is 12.4. The molecule has 2 aromatic rings. The Morgan fingerprint density at radius 2 is 1.58 bits per heavy atom. The zero-order chi connectivity index (χ0) is 22.8. The zero-order valence-corrected chi connectivity index (χ0v) is 19.1. The molecule has 1 aromatic carbocycles. The maximum atomic E-state index is 12.8. The number of nitrogens with zero attached hydrogens (tertiary/aromatic N) is 2. The third-order valence-corrected chi connectivity index (χ3v) is 7.18. The Hall–Kier alpha value is -3.02. The number of pyridine rings is 1. The van der Waals surface area contributed by atoms with Crippen LogP contribution in [0.1, 0.15) is 88.2 Å². The molecule has 1 aliphatic heterocycles. The van der Waals surface area contributed by atoms with Crippen LogP contribution in [-0.2, 0) is 30.5 Å². The van der Waals surface area contributed by atoms with Crippen molar-refractivity contribution in [3.63, 3.8) is 0 Å². The van der Waals surface area contributed by atoms with E-state index < -0.39 is 0 Å². The lowest BCUT2D eigenvalue weighted by Gasteiger charge is -2.27. The van der Waals surface area contributed by atoms with Crippen molar-refractivity contribution in [2.24, 2.45) is 0 Å². The second-order valence-electron chi connectivity index (χ2n) is 9.45. The van der Waals surface area contributed by atoms with Gasteiger partial charge in [-0.15, -0.1) is 0 Å². The maximum absolute atomic E-state index is 12.8. The Morgan fingerprint density at radius 1 is 0.879 bits per heavy atom. The van der Waals surface area contributed by atoms with Gasteiger partial charge in [-0.25, -0.2) is 0 Å². The quantitative estimate of drug-likeness (QED) is 0.645. The topological polar surface area (TPSA) is 79.4 Å². The summed E-state index contributed by atoms with van der Waals surface area (Å²) in [6.45, 7) is 0.695. The fourth-order valence-electron chi connectivity index (χ4n) is 5.46. The molecule has 0 saturated heterocycles. The Kier molecular flexibility index (Phi) is 6.25. The SMILES string of the molecule is O=C(CCCCCN1CC(=O)c2ccccc2C1=O)Nc1c2c(nc3c1CCC3)CCCC2. The van der Waals surface area contributed by atoms with Gasteiger partial charge in [0, 0.05) is 29.9 Å². The number of nitrogens with one attached hydrogen (secondary N) is 1. The van der Waals surface area contributed by atoms with Crippen LogP contribution < -0.4 is 5.32 Å². The fourth-order valence-corrected chi connectivity index (χ4v) is 5.46. The van der Waals surface area contributed by atoms with E-state index in [1.165, 1.54) is 35.4 Å². The summed E-state index contributed by atoms with van der Waals surface area (Å²) >= 11 is 0. The minimum absolute atomic E-state index is 0.00204. The van der Waals surface area contributed by atoms with E-state index in [9.17, 15) is 14.4 Å². The lowest BCUT2D eigenvalue weighted by Crippen LogP contribution is -2.41. The molecule has 0 radical (unpaired) electrons. The molecule has 2 amide bonds. The number of hydrogen-bond donors (Lipinski definition) is 1. The van der Waals surface area contributed by atoms with Crippen molar-refractivity contribution in [3.8, 4) is 0 Å². The highest BCUT2D eigenvalue weighted by molar-refractivity contribution is 6.13. The summed E-state index contributed by atoms with van der Waals surface area (Å²) in [4.78, 5) is 44.3. The van der Waals surface area contributed by atoms with E-state index >= 15 is 0 Å². The second-order valence-corrected chi connectivity index (χ2v) is 9.45. The molecule has 2 heterocycles. The van der Waals surface area contributed by atoms with Gasteiger partial charge in [-0.1, -0.05) is 24.6 Å². The van der Waals surface area contributed by atoms with Crippen molar-refractivity contribution < 1.29 is 14.4 Å². The number of carbonyl (C=O) groups is 3. The fraction of sp³-hybridized carbons (Fsp3) is 0.481. The molecule has 1 aromatic heterocycles. The van der Waals surface area contributed by atoms with E-state index in [4.69, 9.17) is 4.98 Å². The highest BCUT2D eigenvalue weighted by Crippen LogP contribution is 2.36. The van der Waals surface area contributed by atoms with Crippen LogP contribution in [0, 0.1) is 0 Å². The van der Waals surface area contributed by atoms with Crippen LogP contribution in [-0.4, -0.2) is 40.6 Å². The number of ketones is 1. The number of fused-ring (bicyclic) bond motifs is 3. The van der Waals surface area contributed by atoms with Crippen LogP contribution in [0.25, 0.3) is 0 Å². The first kappa shape index (κ1) is 21.8. The first-order valence-electron chi connectivity index (χ1n) is 12.4. The maximum Gasteiger partial charge on any atom is 0.255 e. The number of hydrogen-bond acceptors (Lipinski definition) is 4. The largest absolute Gasteiger partial charge is 0.331 e. The molecule has 6 heteroatoms. The molecule has 5 rings (SSSR count). The van der Waals surface area contributed by atoms with Crippen LogP contribution in [0.5, 0.6) is 0 Å². The molecule has 2 aliphatic carbocycles. The van der Waals surface area contributed by atoms with E-state index in [-0.39, 0.29) is 24.1 Å². The van der Waals surface area contributed by atoms with E-state index in [1.807, 2.05) is 0 Å². The van der Waals surface area contributed by atoms with Crippen molar-refractivity contribution in [3.05, 3.63) is 57.9 Å². The number of rotatable bonds is 7. The highest BCUT2D eigenvalue weighted by Gasteiger charge is 2.29. The standard InChI is InChI=1S/C27H31N3O3/c31-24-17-30(27(33)19-10-4-3-9-18(19)24)16-7-1-2-15-25(32)29-26-20-11-5-6-13-22(20)28-23-14-8-12-21(23)26/h3-4,9-10H,1-2,5-8,11-17H2,(H,28,29,32). The summed E-state index contributed by atoms with van der Waals surface area (Å²) in [7, 11) is 0. The van der Waals surface area contributed by atoms with Gasteiger partial charge in [0.1, 0.15) is 0 Å². The Bertz CT molecular complexity index is 1110. The van der Waals surface area contributed by atoms with Gasteiger partial charge in [-0.2, -0.15) is 0 Å². The normalized spacial score (nSPS) is 16.9. The number of benzene rings is 1. The van der Waals surface area contributed by atoms with Crippen molar-refractivity contribution in [2.75, 3.05) is 18.4 Å². The average Bonchev–Trinajstić information content (AvgIpc) is 3.30. The second kappa shape index (κ2) is 9.46. The highest BCUT2D eigenvalue weighted by atomic mass is 16.2. The molecule has 0 unspecified atom stereocenters. The number of Topliss-reactive ketones (excluding diaryl/α,β-unsaturated/α-hetero) is 1. The van der Waals surface area contributed by atoms with Gasteiger partial charge < -0.3 is 10.2 Å². The minimum atomic E-state index is -0.0701. The van der Waals surface area contributed by atoms with Crippen LogP contribution in [0.15, 0.2) is 24.3 Å². The molecule has 0 spiro atoms. The van der Waals surface area contributed by atoms with Crippen LogP contribution in [0.3, 0.4) is 0 Å². The van der Waals surface area contributed by atoms with Gasteiger partial charge in [0.25, 0.3) is 5.91 Å². The van der Waals surface area contributed by atoms with Gasteiger partial charge in [-0.3, -0.25) is 19.4 Å². The summed E-state index contributed by atoms with van der Waals surface area (Å²) in [5.41, 5.74) is 7.00. The van der Waals surface area contributed by atoms with Crippen molar-refractivity contribution >= 4 is 23.3 Å². The van der Waals surface area contributed by atoms with E-state index in [1.54, 1.807) is 29.2 Å². The van der Waals surface area contributed by atoms with Crippen molar-refractivity contribution in [1.82, 2.24) is 9.88 Å². The van der Waals surface area contributed by atoms with Gasteiger partial charge in [0.05, 0.1) is 17.8 Å². The molecule has 172 valence electrons. The lowest BCUT2D eigenvalue weighted by molar-refractivity contribution is -0.116. The molecule has 1 N–H and O–H groups in total. The molecule has 0 fully saturated rings. The monoisotopic (exact) mass is 445 g/mol. The number of anilines is 1. The summed E-state index contributed by atoms with van der Waals surface area (Å²) in [5.74, 6) is -0.00159. The molecular weight excluding hydrogens is 414 g/mol. The zero-order valence-electron chi connectivity index (χ0n) is 19.1. The number of aromatic nitrogens is 1. The number of amides is 2. The van der Waals surface area contributed by atoms with Crippen LogP contribution in [0.2, 0.25) is 0 Å². The summed E-state index contributed by atoms with van der Waals surface area (Å²) < 4.78 is 0. The summed E-state index contributed by atoms with van der Waals surface area (Å²) in [5, 5.41) is 3.25. The molecule has 6 nitrogen and oxygen atoms in total. The Balaban J connectivity index is 1.12. The van der Waals surface area contributed by atoms with Gasteiger partial charge in [-0.05, 0) is 75.0 Å².